The molecule has 1 aliphatic heterocycles. The fourth-order valence-electron chi connectivity index (χ4n) is 6.78. The molecule has 0 saturated carbocycles. The number of hydrogen-bond acceptors (Lipinski definition) is 11. The molecule has 0 atom stereocenters. The van der Waals surface area contributed by atoms with Crippen molar-refractivity contribution in [2.24, 2.45) is 0 Å². The van der Waals surface area contributed by atoms with E-state index in [1.807, 2.05) is 84.9 Å². The highest BCUT2D eigenvalue weighted by Gasteiger charge is 2.17. The summed E-state index contributed by atoms with van der Waals surface area (Å²) in [5.41, 5.74) is 3.96. The minimum atomic E-state index is -0.458. The van der Waals surface area contributed by atoms with Crippen LogP contribution in [0.1, 0.15) is 10.4 Å². The van der Waals surface area contributed by atoms with E-state index in [9.17, 15) is 9.59 Å². The lowest BCUT2D eigenvalue weighted by Gasteiger charge is -2.26. The van der Waals surface area contributed by atoms with Crippen molar-refractivity contribution in [2.75, 3.05) is 69.6 Å². The smallest absolute Gasteiger partial charge is 0.324 e. The monoisotopic (exact) mass is 805 g/mol. The first kappa shape index (κ1) is 39.3. The molecule has 7 aromatic rings. The molecule has 0 aliphatic carbocycles. The van der Waals surface area contributed by atoms with Crippen molar-refractivity contribution in [1.82, 2.24) is 30.0 Å². The van der Waals surface area contributed by atoms with Crippen LogP contribution in [0, 0.1) is 0 Å². The number of ether oxygens (including phenoxy) is 4. The van der Waals surface area contributed by atoms with E-state index in [1.54, 1.807) is 55.3 Å². The Morgan fingerprint density at radius 3 is 2.32 bits per heavy atom. The van der Waals surface area contributed by atoms with Crippen LogP contribution in [0.2, 0.25) is 0 Å². The van der Waals surface area contributed by atoms with E-state index in [2.05, 4.69) is 36.1 Å². The lowest BCUT2D eigenvalue weighted by molar-refractivity contribution is 0.0383. The summed E-state index contributed by atoms with van der Waals surface area (Å²) >= 11 is 0. The van der Waals surface area contributed by atoms with Gasteiger partial charge >= 0.3 is 6.03 Å². The van der Waals surface area contributed by atoms with E-state index in [1.165, 1.54) is 6.33 Å². The minimum absolute atomic E-state index is 0.211. The highest BCUT2D eigenvalue weighted by atomic mass is 16.5. The molecule has 15 nitrogen and oxygen atoms in total. The van der Waals surface area contributed by atoms with Crippen molar-refractivity contribution >= 4 is 45.7 Å². The summed E-state index contributed by atoms with van der Waals surface area (Å²) in [7, 11) is 3.16. The van der Waals surface area contributed by atoms with Crippen molar-refractivity contribution in [3.63, 3.8) is 0 Å². The highest BCUT2D eigenvalue weighted by molar-refractivity contribution is 6.07. The Morgan fingerprint density at radius 1 is 0.767 bits per heavy atom. The topological polar surface area (TPSA) is 166 Å². The molecule has 1 saturated heterocycles. The van der Waals surface area contributed by atoms with Crippen molar-refractivity contribution in [3.8, 4) is 40.1 Å². The third-order valence-electron chi connectivity index (χ3n) is 9.82. The number of carbonyl (C=O) groups excluding carboxylic acids is 2. The van der Waals surface area contributed by atoms with Crippen molar-refractivity contribution in [1.29, 1.82) is 0 Å². The van der Waals surface area contributed by atoms with Gasteiger partial charge in [0.15, 0.2) is 0 Å². The maximum absolute atomic E-state index is 13.6. The summed E-state index contributed by atoms with van der Waals surface area (Å²) in [4.78, 5) is 37.7. The fourth-order valence-corrected chi connectivity index (χ4v) is 6.78. The molecule has 3 heterocycles. The Hall–Kier alpha value is -7.49. The number of nitrogens with one attached hydrogen (secondary N) is 4. The second kappa shape index (κ2) is 18.4. The zero-order chi connectivity index (χ0) is 41.3. The number of benzene rings is 5. The van der Waals surface area contributed by atoms with Gasteiger partial charge in [-0.15, -0.1) is 0 Å². The van der Waals surface area contributed by atoms with Gasteiger partial charge in [0.25, 0.3) is 5.91 Å². The second-order valence-electron chi connectivity index (χ2n) is 13.8. The standard InChI is InChI=1S/C45H43N9O6/c1-57-34-14-12-33(13-15-34)54-42(27-39(52-54)30-8-4-3-5-9-30)51-45(56)50-38-16-17-40(37-11-7-6-10-36(37)38)60-43-28-41(47-29-48-43)49-32-24-31(25-35(26-32)58-2)44(55)46-18-19-53-20-22-59-23-21-53/h3-17,24-29H,18-23H2,1-2H3,(H,46,55)(H,47,48,49)(H2,50,51,56). The fraction of sp³-hybridized carbons (Fsp3) is 0.178. The molecular weight excluding hydrogens is 763 g/mol. The lowest BCUT2D eigenvalue weighted by Crippen LogP contribution is -2.41. The molecule has 15 heteroatoms. The first-order valence-corrected chi connectivity index (χ1v) is 19.4. The number of nitrogens with zero attached hydrogens (tertiary/aromatic N) is 5. The number of fused-ring (bicyclic) bond motifs is 1. The molecule has 0 spiro atoms. The molecule has 8 rings (SSSR count). The van der Waals surface area contributed by atoms with Crippen LogP contribution in [0.25, 0.3) is 27.7 Å². The molecule has 2 aromatic heterocycles. The number of urea groups is 1. The Bertz CT molecular complexity index is 2600. The van der Waals surface area contributed by atoms with Gasteiger partial charge in [-0.3, -0.25) is 15.0 Å². The summed E-state index contributed by atoms with van der Waals surface area (Å²) < 4.78 is 24.2. The van der Waals surface area contributed by atoms with Gasteiger partial charge in [0.05, 0.1) is 44.5 Å². The maximum atomic E-state index is 13.6. The van der Waals surface area contributed by atoms with Crippen LogP contribution in [0.5, 0.6) is 23.1 Å². The largest absolute Gasteiger partial charge is 0.497 e. The van der Waals surface area contributed by atoms with Gasteiger partial charge in [-0.1, -0.05) is 54.6 Å². The third-order valence-corrected chi connectivity index (χ3v) is 9.82. The van der Waals surface area contributed by atoms with E-state index in [-0.39, 0.29) is 11.8 Å². The van der Waals surface area contributed by atoms with Crippen LogP contribution in [0.4, 0.5) is 27.8 Å². The number of rotatable bonds is 14. The number of aromatic nitrogens is 4. The molecule has 60 heavy (non-hydrogen) atoms. The van der Waals surface area contributed by atoms with Crippen molar-refractivity contribution < 1.29 is 28.5 Å². The molecule has 0 radical (unpaired) electrons. The molecular formula is C45H43N9O6. The molecule has 5 aromatic carbocycles. The zero-order valence-corrected chi connectivity index (χ0v) is 33.1. The normalized spacial score (nSPS) is 12.7. The summed E-state index contributed by atoms with van der Waals surface area (Å²) in [6.07, 6.45) is 1.39. The molecule has 0 bridgehead atoms. The predicted molar refractivity (Wildman–Crippen MR) is 230 cm³/mol. The van der Waals surface area contributed by atoms with Crippen LogP contribution in [-0.2, 0) is 4.74 Å². The third kappa shape index (κ3) is 9.44. The van der Waals surface area contributed by atoms with Gasteiger partial charge in [-0.2, -0.15) is 5.10 Å². The summed E-state index contributed by atoms with van der Waals surface area (Å²) in [6, 6.07) is 36.5. The van der Waals surface area contributed by atoms with Crippen LogP contribution >= 0.6 is 0 Å². The van der Waals surface area contributed by atoms with E-state index < -0.39 is 6.03 Å². The Kier molecular flexibility index (Phi) is 12.1. The van der Waals surface area contributed by atoms with Crippen molar-refractivity contribution in [3.05, 3.63) is 133 Å². The van der Waals surface area contributed by atoms with Crippen LogP contribution in [0.15, 0.2) is 128 Å². The van der Waals surface area contributed by atoms with E-state index in [0.29, 0.717) is 71.3 Å². The summed E-state index contributed by atoms with van der Waals surface area (Å²) in [5, 5.41) is 18.5. The maximum Gasteiger partial charge on any atom is 0.324 e. The van der Waals surface area contributed by atoms with Gasteiger partial charge in [-0.05, 0) is 48.5 Å². The lowest BCUT2D eigenvalue weighted by atomic mass is 10.1. The Labute approximate surface area is 346 Å². The number of amides is 3. The molecule has 4 N–H and O–H groups in total. The van der Waals surface area contributed by atoms with Gasteiger partial charge in [0.1, 0.15) is 35.2 Å². The molecule has 1 aliphatic rings. The Morgan fingerprint density at radius 2 is 1.53 bits per heavy atom. The first-order valence-electron chi connectivity index (χ1n) is 19.4. The SMILES string of the molecule is COc1ccc(-n2nc(-c3ccccc3)cc2NC(=O)Nc2ccc(Oc3cc(Nc4cc(OC)cc(C(=O)NCCN5CCOCC5)c4)ncn3)c3ccccc23)cc1. The van der Waals surface area contributed by atoms with E-state index >= 15 is 0 Å². The second-order valence-corrected chi connectivity index (χ2v) is 13.8. The molecule has 304 valence electrons. The molecule has 0 unspecified atom stereocenters. The summed E-state index contributed by atoms with van der Waals surface area (Å²) in [5.74, 6) is 2.72. The van der Waals surface area contributed by atoms with E-state index in [4.69, 9.17) is 24.0 Å². The first-order chi connectivity index (χ1) is 29.4. The number of morpholine rings is 1. The average Bonchev–Trinajstić information content (AvgIpc) is 3.71. The van der Waals surface area contributed by atoms with Crippen LogP contribution in [0.3, 0.4) is 0 Å². The number of hydrogen-bond donors (Lipinski definition) is 4. The average molecular weight is 806 g/mol. The molecule has 3 amide bonds. The predicted octanol–water partition coefficient (Wildman–Crippen LogP) is 7.74. The quantitative estimate of drug-likeness (QED) is 0.0850. The number of methoxy groups -OCH3 is 2. The van der Waals surface area contributed by atoms with Crippen molar-refractivity contribution in [2.45, 2.75) is 0 Å². The summed E-state index contributed by atoms with van der Waals surface area (Å²) in [6.45, 7) is 4.36. The van der Waals surface area contributed by atoms with E-state index in [0.717, 1.165) is 41.7 Å². The van der Waals surface area contributed by atoms with Crippen LogP contribution < -0.4 is 35.5 Å². The minimum Gasteiger partial charge on any atom is -0.497 e. The van der Waals surface area contributed by atoms with Gasteiger partial charge in [-0.25, -0.2) is 19.4 Å². The van der Waals surface area contributed by atoms with Crippen LogP contribution in [-0.4, -0.2) is 90.2 Å². The molecule has 1 fully saturated rings. The highest BCUT2D eigenvalue weighted by Crippen LogP contribution is 2.35. The zero-order valence-electron chi connectivity index (χ0n) is 33.1. The Balaban J connectivity index is 0.967. The van der Waals surface area contributed by atoms with Gasteiger partial charge in [0, 0.05) is 72.0 Å². The number of anilines is 4. The van der Waals surface area contributed by atoms with Gasteiger partial charge in [0.2, 0.25) is 5.88 Å². The van der Waals surface area contributed by atoms with Gasteiger partial charge < -0.3 is 34.9 Å². The number of carbonyl (C=O) groups is 2.